The number of carbonyl (C=O) groups is 1. The van der Waals surface area contributed by atoms with Crippen LogP contribution in [-0.4, -0.2) is 23.3 Å². The van der Waals surface area contributed by atoms with Gasteiger partial charge in [0.25, 0.3) is 5.91 Å². The van der Waals surface area contributed by atoms with Gasteiger partial charge in [-0.25, -0.2) is 9.37 Å². The van der Waals surface area contributed by atoms with Crippen LogP contribution in [0.25, 0.3) is 0 Å². The number of pyridine rings is 1. The lowest BCUT2D eigenvalue weighted by Gasteiger charge is -2.29. The minimum absolute atomic E-state index is 0.0861. The molecular weight excluding hydrogens is 255 g/mol. The third-order valence-corrected chi connectivity index (χ3v) is 3.93. The lowest BCUT2D eigenvalue weighted by atomic mass is 9.84. The number of aromatic nitrogens is 1. The molecule has 0 atom stereocenters. The van der Waals surface area contributed by atoms with E-state index in [0.717, 1.165) is 19.0 Å². The van der Waals surface area contributed by atoms with E-state index in [1.165, 1.54) is 12.1 Å². The fraction of sp³-hybridized carbons (Fsp3) is 0.538. The highest BCUT2D eigenvalue weighted by Gasteiger charge is 2.25. The highest BCUT2D eigenvalue weighted by molar-refractivity contribution is 6.18. The molecule has 0 spiro atoms. The zero-order valence-electron chi connectivity index (χ0n) is 10.7. The molecule has 1 aromatic heterocycles. The van der Waals surface area contributed by atoms with Crippen LogP contribution in [0, 0.1) is 11.2 Å². The van der Waals surface area contributed by atoms with Crippen molar-refractivity contribution in [2.45, 2.75) is 26.7 Å². The lowest BCUT2D eigenvalue weighted by Crippen LogP contribution is -2.38. The van der Waals surface area contributed by atoms with Crippen molar-refractivity contribution in [3.8, 4) is 0 Å². The maximum Gasteiger partial charge on any atom is 0.269 e. The minimum atomic E-state index is -0.455. The molecule has 0 unspecified atom stereocenters. The van der Waals surface area contributed by atoms with Gasteiger partial charge in [-0.3, -0.25) is 4.79 Å². The highest BCUT2D eigenvalue weighted by atomic mass is 35.5. The predicted molar refractivity (Wildman–Crippen MR) is 70.3 cm³/mol. The van der Waals surface area contributed by atoms with Gasteiger partial charge in [-0.15, -0.1) is 11.6 Å². The van der Waals surface area contributed by atoms with E-state index in [9.17, 15) is 9.18 Å². The molecule has 1 rings (SSSR count). The molecule has 1 N–H and O–H groups in total. The Labute approximate surface area is 112 Å². The molecule has 0 aromatic carbocycles. The molecule has 100 valence electrons. The average Bonchev–Trinajstić information content (AvgIpc) is 2.41. The van der Waals surface area contributed by atoms with Crippen LogP contribution >= 0.6 is 11.6 Å². The Morgan fingerprint density at radius 3 is 2.56 bits per heavy atom. The first-order valence-electron chi connectivity index (χ1n) is 6.02. The van der Waals surface area contributed by atoms with E-state index < -0.39 is 5.82 Å². The van der Waals surface area contributed by atoms with E-state index in [-0.39, 0.29) is 17.0 Å². The number of halogens is 2. The molecule has 0 radical (unpaired) electrons. The van der Waals surface area contributed by atoms with Gasteiger partial charge in [0.1, 0.15) is 11.5 Å². The molecule has 1 heterocycles. The fourth-order valence-electron chi connectivity index (χ4n) is 1.60. The number of hydrogen-bond donors (Lipinski definition) is 1. The van der Waals surface area contributed by atoms with E-state index in [1.807, 2.05) is 13.8 Å². The van der Waals surface area contributed by atoms with Crippen molar-refractivity contribution in [1.82, 2.24) is 10.3 Å². The summed E-state index contributed by atoms with van der Waals surface area (Å²) in [6.45, 7) is 4.60. The molecule has 0 bridgehead atoms. The first-order valence-corrected chi connectivity index (χ1v) is 6.56. The SMILES string of the molecule is CCC(CC)(CCl)CNC(=O)c1ccc(F)cn1. The standard InChI is InChI=1S/C13H18ClFN2O/c1-3-13(4-2,8-14)9-17-12(18)11-6-5-10(15)7-16-11/h5-7H,3-4,8-9H2,1-2H3,(H,17,18). The quantitative estimate of drug-likeness (QED) is 0.809. The molecule has 5 heteroatoms. The van der Waals surface area contributed by atoms with Gasteiger partial charge in [0, 0.05) is 17.8 Å². The molecular formula is C13H18ClFN2O. The number of hydrogen-bond acceptors (Lipinski definition) is 2. The summed E-state index contributed by atoms with van der Waals surface area (Å²) in [6, 6.07) is 2.58. The Hall–Kier alpha value is -1.16. The second-order valence-corrected chi connectivity index (χ2v) is 4.65. The van der Waals surface area contributed by atoms with Gasteiger partial charge < -0.3 is 5.32 Å². The van der Waals surface area contributed by atoms with Crippen LogP contribution in [0.2, 0.25) is 0 Å². The lowest BCUT2D eigenvalue weighted by molar-refractivity contribution is 0.0926. The summed E-state index contributed by atoms with van der Waals surface area (Å²) in [7, 11) is 0. The monoisotopic (exact) mass is 272 g/mol. The van der Waals surface area contributed by atoms with Crippen LogP contribution in [0.3, 0.4) is 0 Å². The summed E-state index contributed by atoms with van der Waals surface area (Å²) in [5.74, 6) is -0.257. The Morgan fingerprint density at radius 2 is 2.11 bits per heavy atom. The molecule has 1 aromatic rings. The summed E-state index contributed by atoms with van der Waals surface area (Å²) < 4.78 is 12.7. The van der Waals surface area contributed by atoms with Crippen LogP contribution < -0.4 is 5.32 Å². The number of carbonyl (C=O) groups excluding carboxylic acids is 1. The maximum absolute atomic E-state index is 12.7. The normalized spacial score (nSPS) is 11.3. The summed E-state index contributed by atoms with van der Waals surface area (Å²) in [6.07, 6.45) is 2.82. The molecule has 3 nitrogen and oxygen atoms in total. The van der Waals surface area contributed by atoms with Crippen molar-refractivity contribution in [2.24, 2.45) is 5.41 Å². The average molecular weight is 273 g/mol. The van der Waals surface area contributed by atoms with E-state index >= 15 is 0 Å². The van der Waals surface area contributed by atoms with Gasteiger partial charge in [-0.2, -0.15) is 0 Å². The first kappa shape index (κ1) is 14.9. The molecule has 0 saturated heterocycles. The van der Waals surface area contributed by atoms with Crippen LogP contribution in [0.4, 0.5) is 4.39 Å². The van der Waals surface area contributed by atoms with Crippen LogP contribution in [0.5, 0.6) is 0 Å². The Kier molecular flexibility index (Phi) is 5.54. The Balaban J connectivity index is 2.63. The van der Waals surface area contributed by atoms with Gasteiger partial charge >= 0.3 is 0 Å². The summed E-state index contributed by atoms with van der Waals surface area (Å²) >= 11 is 5.96. The third-order valence-electron chi connectivity index (χ3n) is 3.37. The predicted octanol–water partition coefficient (Wildman–Crippen LogP) is 3.00. The minimum Gasteiger partial charge on any atom is -0.350 e. The van der Waals surface area contributed by atoms with Crippen molar-refractivity contribution in [3.63, 3.8) is 0 Å². The Bertz CT molecular complexity index is 382. The van der Waals surface area contributed by atoms with Gasteiger partial charge in [0.15, 0.2) is 0 Å². The van der Waals surface area contributed by atoms with Crippen LogP contribution in [0.15, 0.2) is 18.3 Å². The van der Waals surface area contributed by atoms with Crippen molar-refractivity contribution in [3.05, 3.63) is 29.8 Å². The van der Waals surface area contributed by atoms with Crippen molar-refractivity contribution in [1.29, 1.82) is 0 Å². The second kappa shape index (κ2) is 6.69. The zero-order valence-corrected chi connectivity index (χ0v) is 11.4. The van der Waals surface area contributed by atoms with Crippen molar-refractivity contribution < 1.29 is 9.18 Å². The second-order valence-electron chi connectivity index (χ2n) is 4.39. The van der Waals surface area contributed by atoms with E-state index in [2.05, 4.69) is 10.3 Å². The van der Waals surface area contributed by atoms with E-state index in [0.29, 0.717) is 12.4 Å². The zero-order chi connectivity index (χ0) is 13.6. The number of alkyl halides is 1. The number of nitrogens with one attached hydrogen (secondary N) is 1. The van der Waals surface area contributed by atoms with Gasteiger partial charge in [-0.05, 0) is 25.0 Å². The smallest absolute Gasteiger partial charge is 0.269 e. The fourth-order valence-corrected chi connectivity index (χ4v) is 2.08. The van der Waals surface area contributed by atoms with E-state index in [1.54, 1.807) is 0 Å². The molecule has 18 heavy (non-hydrogen) atoms. The molecule has 0 fully saturated rings. The third kappa shape index (κ3) is 3.67. The maximum atomic E-state index is 12.7. The number of rotatable bonds is 6. The van der Waals surface area contributed by atoms with Crippen LogP contribution in [-0.2, 0) is 0 Å². The van der Waals surface area contributed by atoms with Gasteiger partial charge in [-0.1, -0.05) is 13.8 Å². The largest absolute Gasteiger partial charge is 0.350 e. The summed E-state index contributed by atoms with van der Waals surface area (Å²) in [4.78, 5) is 15.5. The van der Waals surface area contributed by atoms with Crippen molar-refractivity contribution >= 4 is 17.5 Å². The molecule has 0 aliphatic heterocycles. The van der Waals surface area contributed by atoms with Gasteiger partial charge in [0.05, 0.1) is 6.20 Å². The Morgan fingerprint density at radius 1 is 1.44 bits per heavy atom. The number of nitrogens with zero attached hydrogens (tertiary/aromatic N) is 1. The molecule has 0 aliphatic rings. The number of amides is 1. The van der Waals surface area contributed by atoms with Crippen molar-refractivity contribution in [2.75, 3.05) is 12.4 Å². The van der Waals surface area contributed by atoms with E-state index in [4.69, 9.17) is 11.6 Å². The molecule has 1 amide bonds. The molecule has 0 saturated carbocycles. The van der Waals surface area contributed by atoms with Crippen LogP contribution in [0.1, 0.15) is 37.2 Å². The molecule has 0 aliphatic carbocycles. The van der Waals surface area contributed by atoms with Gasteiger partial charge in [0.2, 0.25) is 0 Å². The topological polar surface area (TPSA) is 42.0 Å². The summed E-state index contributed by atoms with van der Waals surface area (Å²) in [5, 5.41) is 2.80. The summed E-state index contributed by atoms with van der Waals surface area (Å²) in [5.41, 5.74) is 0.129. The highest BCUT2D eigenvalue weighted by Crippen LogP contribution is 2.26. The first-order chi connectivity index (χ1) is 8.56.